The van der Waals surface area contributed by atoms with Crippen LogP contribution in [0.4, 0.5) is 4.39 Å². The average Bonchev–Trinajstić information content (AvgIpc) is 2.67. The lowest BCUT2D eigenvalue weighted by atomic mass is 10.0. The summed E-state index contributed by atoms with van der Waals surface area (Å²) >= 11 is 3.33. The van der Waals surface area contributed by atoms with Crippen molar-refractivity contribution in [2.75, 3.05) is 6.54 Å². The quantitative estimate of drug-likeness (QED) is 0.857. The number of aliphatic carboxylic acids is 1. The Labute approximate surface area is 118 Å². The summed E-state index contributed by atoms with van der Waals surface area (Å²) in [6.07, 6.45) is 0.494. The van der Waals surface area contributed by atoms with Gasteiger partial charge < -0.3 is 10.0 Å². The van der Waals surface area contributed by atoms with Crippen molar-refractivity contribution in [2.45, 2.75) is 23.7 Å². The van der Waals surface area contributed by atoms with E-state index in [2.05, 4.69) is 15.9 Å². The average molecular weight is 330 g/mol. The number of nitrogens with zero attached hydrogens (tertiary/aromatic N) is 1. The predicted octanol–water partition coefficient (Wildman–Crippen LogP) is 1.82. The number of halogens is 2. The van der Waals surface area contributed by atoms with Crippen LogP contribution in [0.3, 0.4) is 0 Å². The van der Waals surface area contributed by atoms with Crippen LogP contribution >= 0.6 is 15.9 Å². The summed E-state index contributed by atoms with van der Waals surface area (Å²) in [5.41, 5.74) is 0.694. The second-order valence-electron chi connectivity index (χ2n) is 4.53. The molecule has 1 aromatic rings. The highest BCUT2D eigenvalue weighted by Crippen LogP contribution is 2.22. The van der Waals surface area contributed by atoms with E-state index < -0.39 is 12.0 Å². The zero-order chi connectivity index (χ0) is 14.0. The topological polar surface area (TPSA) is 57.6 Å². The minimum atomic E-state index is -1.04. The van der Waals surface area contributed by atoms with Gasteiger partial charge in [0.25, 0.3) is 0 Å². The monoisotopic (exact) mass is 329 g/mol. The number of carboxylic acids is 1. The normalized spacial score (nSPS) is 20.6. The van der Waals surface area contributed by atoms with Gasteiger partial charge in [0.2, 0.25) is 5.91 Å². The molecule has 19 heavy (non-hydrogen) atoms. The van der Waals surface area contributed by atoms with Gasteiger partial charge in [-0.25, -0.2) is 9.18 Å². The van der Waals surface area contributed by atoms with Crippen molar-refractivity contribution >= 4 is 27.8 Å². The smallest absolute Gasteiger partial charge is 0.326 e. The zero-order valence-electron chi connectivity index (χ0n) is 10.1. The van der Waals surface area contributed by atoms with E-state index in [1.807, 2.05) is 0 Å². The van der Waals surface area contributed by atoms with Crippen LogP contribution in [0.25, 0.3) is 0 Å². The van der Waals surface area contributed by atoms with Crippen LogP contribution in [0.1, 0.15) is 12.0 Å². The summed E-state index contributed by atoms with van der Waals surface area (Å²) in [5, 5.41) is 9.27. The van der Waals surface area contributed by atoms with Gasteiger partial charge in [-0.15, -0.1) is 0 Å². The summed E-state index contributed by atoms with van der Waals surface area (Å²) in [6.45, 7) is 0.386. The lowest BCUT2D eigenvalue weighted by molar-refractivity contribution is -0.148. The molecule has 1 unspecified atom stereocenters. The van der Waals surface area contributed by atoms with Crippen LogP contribution in [-0.4, -0.2) is 39.3 Å². The van der Waals surface area contributed by atoms with Gasteiger partial charge in [0, 0.05) is 24.2 Å². The van der Waals surface area contributed by atoms with Gasteiger partial charge in [-0.05, 0) is 17.7 Å². The molecular formula is C13H13BrFNO3. The molecule has 1 fully saturated rings. The van der Waals surface area contributed by atoms with E-state index in [1.54, 1.807) is 0 Å². The molecule has 0 aromatic heterocycles. The largest absolute Gasteiger partial charge is 0.480 e. The number of hydrogen-bond acceptors (Lipinski definition) is 2. The number of carbonyl (C=O) groups is 2. The number of carbonyl (C=O) groups excluding carboxylic acids is 1. The first-order chi connectivity index (χ1) is 8.97. The van der Waals surface area contributed by atoms with Crippen molar-refractivity contribution in [3.63, 3.8) is 0 Å². The highest BCUT2D eigenvalue weighted by Gasteiger charge is 2.36. The first-order valence-corrected chi connectivity index (χ1v) is 6.79. The summed E-state index contributed by atoms with van der Waals surface area (Å²) in [7, 11) is 0. The van der Waals surface area contributed by atoms with Gasteiger partial charge in [-0.2, -0.15) is 0 Å². The number of carboxylic acid groups (broad SMARTS) is 1. The highest BCUT2D eigenvalue weighted by molar-refractivity contribution is 9.09. The fourth-order valence-electron chi connectivity index (χ4n) is 2.16. The van der Waals surface area contributed by atoms with Crippen molar-refractivity contribution in [2.24, 2.45) is 0 Å². The van der Waals surface area contributed by atoms with E-state index in [1.165, 1.54) is 29.2 Å². The Balaban J connectivity index is 2.15. The zero-order valence-corrected chi connectivity index (χ0v) is 11.6. The maximum absolute atomic E-state index is 12.8. The first-order valence-electron chi connectivity index (χ1n) is 5.88. The van der Waals surface area contributed by atoms with Crippen molar-refractivity contribution in [3.8, 4) is 0 Å². The van der Waals surface area contributed by atoms with Gasteiger partial charge in [0.1, 0.15) is 11.9 Å². The van der Waals surface area contributed by atoms with Gasteiger partial charge >= 0.3 is 5.97 Å². The fraction of sp³-hybridized carbons (Fsp3) is 0.385. The molecule has 1 heterocycles. The van der Waals surface area contributed by atoms with Gasteiger partial charge in [0.15, 0.2) is 0 Å². The van der Waals surface area contributed by atoms with Crippen LogP contribution < -0.4 is 0 Å². The fourth-order valence-corrected chi connectivity index (χ4v) is 2.75. The number of rotatable bonds is 4. The van der Waals surface area contributed by atoms with E-state index >= 15 is 0 Å². The third kappa shape index (κ3) is 3.32. The molecule has 1 aromatic carbocycles. The minimum absolute atomic E-state index is 0.00457. The van der Waals surface area contributed by atoms with Gasteiger partial charge in [-0.3, -0.25) is 4.79 Å². The Bertz CT molecular complexity index is 491. The number of benzene rings is 1. The molecule has 1 N–H and O–H groups in total. The summed E-state index contributed by atoms with van der Waals surface area (Å²) < 4.78 is 12.8. The summed E-state index contributed by atoms with van der Waals surface area (Å²) in [4.78, 5) is 24.4. The molecule has 102 valence electrons. The van der Waals surface area contributed by atoms with Crippen LogP contribution in [0, 0.1) is 5.82 Å². The van der Waals surface area contributed by atoms with Crippen molar-refractivity contribution in [3.05, 3.63) is 35.6 Å². The second-order valence-corrected chi connectivity index (χ2v) is 5.83. The van der Waals surface area contributed by atoms with Crippen LogP contribution in [0.2, 0.25) is 0 Å². The van der Waals surface area contributed by atoms with Crippen molar-refractivity contribution in [1.29, 1.82) is 0 Å². The van der Waals surface area contributed by atoms with Crippen LogP contribution in [0.5, 0.6) is 0 Å². The molecule has 1 aliphatic heterocycles. The van der Waals surface area contributed by atoms with E-state index in [0.29, 0.717) is 18.5 Å². The Morgan fingerprint density at radius 2 is 2.11 bits per heavy atom. The molecule has 0 bridgehead atoms. The molecule has 0 radical (unpaired) electrons. The van der Waals surface area contributed by atoms with E-state index in [-0.39, 0.29) is 23.0 Å². The molecule has 6 heteroatoms. The molecule has 0 spiro atoms. The maximum Gasteiger partial charge on any atom is 0.326 e. The first kappa shape index (κ1) is 14.0. The molecule has 0 aliphatic carbocycles. The number of amides is 1. The predicted molar refractivity (Wildman–Crippen MR) is 70.6 cm³/mol. The molecule has 0 saturated carbocycles. The SMILES string of the molecule is O=C(O)[C@H](Cc1ccc(F)cc1)N1CC(Br)CC1=O. The Morgan fingerprint density at radius 3 is 2.58 bits per heavy atom. The lowest BCUT2D eigenvalue weighted by Crippen LogP contribution is -2.43. The maximum atomic E-state index is 12.8. The third-order valence-corrected chi connectivity index (χ3v) is 3.73. The van der Waals surface area contributed by atoms with Crippen molar-refractivity contribution < 1.29 is 19.1 Å². The third-order valence-electron chi connectivity index (χ3n) is 3.11. The molecule has 1 aliphatic rings. The lowest BCUT2D eigenvalue weighted by Gasteiger charge is -2.24. The van der Waals surface area contributed by atoms with Gasteiger partial charge in [0.05, 0.1) is 0 Å². The number of alkyl halides is 1. The minimum Gasteiger partial charge on any atom is -0.480 e. The van der Waals surface area contributed by atoms with Crippen LogP contribution in [-0.2, 0) is 16.0 Å². The number of likely N-dealkylation sites (tertiary alicyclic amines) is 1. The molecule has 4 nitrogen and oxygen atoms in total. The number of hydrogen-bond donors (Lipinski definition) is 1. The Hall–Kier alpha value is -1.43. The Kier molecular flexibility index (Phi) is 4.19. The molecule has 1 saturated heterocycles. The van der Waals surface area contributed by atoms with E-state index in [9.17, 15) is 19.1 Å². The van der Waals surface area contributed by atoms with E-state index in [0.717, 1.165) is 0 Å². The molecule has 2 rings (SSSR count). The standard InChI is InChI=1S/C13H13BrFNO3/c14-9-6-12(17)16(7-9)11(13(18)19)5-8-1-3-10(15)4-2-8/h1-4,9,11H,5-7H2,(H,18,19)/t9?,11-/m0/s1. The summed E-state index contributed by atoms with van der Waals surface area (Å²) in [5.74, 6) is -1.58. The summed E-state index contributed by atoms with van der Waals surface area (Å²) in [6, 6.07) is 4.75. The molecular weight excluding hydrogens is 317 g/mol. The van der Waals surface area contributed by atoms with E-state index in [4.69, 9.17) is 0 Å². The second kappa shape index (κ2) is 5.69. The van der Waals surface area contributed by atoms with Crippen LogP contribution in [0.15, 0.2) is 24.3 Å². The highest BCUT2D eigenvalue weighted by atomic mass is 79.9. The van der Waals surface area contributed by atoms with Crippen molar-refractivity contribution in [1.82, 2.24) is 4.90 Å². The molecule has 2 atom stereocenters. The van der Waals surface area contributed by atoms with Gasteiger partial charge in [-0.1, -0.05) is 28.1 Å². The molecule has 1 amide bonds. The Morgan fingerprint density at radius 1 is 1.47 bits per heavy atom.